The van der Waals surface area contributed by atoms with E-state index in [-0.39, 0.29) is 17.8 Å². The van der Waals surface area contributed by atoms with Crippen molar-refractivity contribution in [2.45, 2.75) is 6.54 Å². The smallest absolute Gasteiger partial charge is 0.273 e. The third-order valence-corrected chi connectivity index (χ3v) is 2.29. The first-order valence-electron chi connectivity index (χ1n) is 5.08. The van der Waals surface area contributed by atoms with Crippen LogP contribution in [-0.2, 0) is 6.54 Å². The fourth-order valence-electron chi connectivity index (χ4n) is 1.36. The van der Waals surface area contributed by atoms with Crippen LogP contribution in [0.15, 0.2) is 35.1 Å². The minimum atomic E-state index is -0.533. The average Bonchev–Trinajstić information content (AvgIpc) is 2.90. The number of nitriles is 1. The van der Waals surface area contributed by atoms with Crippen LogP contribution in [0.4, 0.5) is 4.39 Å². The van der Waals surface area contributed by atoms with Crippen molar-refractivity contribution in [2.24, 2.45) is 0 Å². The molecule has 18 heavy (non-hydrogen) atoms. The summed E-state index contributed by atoms with van der Waals surface area (Å²) in [6, 6.07) is 7.30. The zero-order valence-electron chi connectivity index (χ0n) is 9.18. The van der Waals surface area contributed by atoms with Crippen LogP contribution in [0.5, 0.6) is 0 Å². The number of carbonyl (C=O) groups is 1. The van der Waals surface area contributed by atoms with Gasteiger partial charge >= 0.3 is 0 Å². The molecule has 0 bridgehead atoms. The molecule has 0 saturated carbocycles. The first-order chi connectivity index (χ1) is 8.70. The first-order valence-corrected chi connectivity index (χ1v) is 5.08. The molecule has 0 unspecified atom stereocenters. The third kappa shape index (κ3) is 2.52. The highest BCUT2D eigenvalue weighted by molar-refractivity contribution is 5.91. The number of rotatable bonds is 3. The predicted molar refractivity (Wildman–Crippen MR) is 58.8 cm³/mol. The van der Waals surface area contributed by atoms with Gasteiger partial charge in [-0.05, 0) is 12.1 Å². The second-order valence-electron chi connectivity index (χ2n) is 3.49. The SMILES string of the molecule is N#Cc1ccc(CNC(=O)c2ccon2)c(F)c1. The van der Waals surface area contributed by atoms with Crippen LogP contribution in [-0.4, -0.2) is 11.1 Å². The zero-order valence-corrected chi connectivity index (χ0v) is 9.18. The normalized spacial score (nSPS) is 9.78. The second-order valence-corrected chi connectivity index (χ2v) is 3.49. The van der Waals surface area contributed by atoms with Crippen molar-refractivity contribution >= 4 is 5.91 Å². The Labute approximate surface area is 102 Å². The maximum atomic E-state index is 13.5. The molecule has 90 valence electrons. The third-order valence-electron chi connectivity index (χ3n) is 2.29. The van der Waals surface area contributed by atoms with Gasteiger partial charge in [-0.25, -0.2) is 4.39 Å². The fourth-order valence-corrected chi connectivity index (χ4v) is 1.36. The number of hydrogen-bond donors (Lipinski definition) is 1. The Hall–Kier alpha value is -2.68. The molecule has 0 fully saturated rings. The van der Waals surface area contributed by atoms with Crippen LogP contribution in [0.2, 0.25) is 0 Å². The summed E-state index contributed by atoms with van der Waals surface area (Å²) in [6.07, 6.45) is 1.28. The topological polar surface area (TPSA) is 78.9 Å². The van der Waals surface area contributed by atoms with Gasteiger partial charge in [0.25, 0.3) is 5.91 Å². The highest BCUT2D eigenvalue weighted by atomic mass is 19.1. The average molecular weight is 245 g/mol. The van der Waals surface area contributed by atoms with Gasteiger partial charge in [-0.15, -0.1) is 0 Å². The quantitative estimate of drug-likeness (QED) is 0.891. The minimum Gasteiger partial charge on any atom is -0.364 e. The molecule has 1 heterocycles. The molecule has 2 aromatic rings. The number of hydrogen-bond acceptors (Lipinski definition) is 4. The van der Waals surface area contributed by atoms with Crippen molar-refractivity contribution in [3.63, 3.8) is 0 Å². The fraction of sp³-hybridized carbons (Fsp3) is 0.0833. The number of aromatic nitrogens is 1. The van der Waals surface area contributed by atoms with E-state index in [0.717, 1.165) is 6.07 Å². The molecule has 6 heteroatoms. The molecule has 0 radical (unpaired) electrons. The minimum absolute atomic E-state index is 0.0171. The van der Waals surface area contributed by atoms with Crippen LogP contribution in [0.3, 0.4) is 0 Å². The lowest BCUT2D eigenvalue weighted by Crippen LogP contribution is -2.23. The summed E-state index contributed by atoms with van der Waals surface area (Å²) in [4.78, 5) is 11.5. The standard InChI is InChI=1S/C12H8FN3O2/c13-10-5-8(6-14)1-2-9(10)7-15-12(17)11-3-4-18-16-11/h1-5H,7H2,(H,15,17). The number of benzene rings is 1. The van der Waals surface area contributed by atoms with Gasteiger partial charge in [0.15, 0.2) is 5.69 Å². The van der Waals surface area contributed by atoms with Crippen molar-refractivity contribution in [1.82, 2.24) is 10.5 Å². The summed E-state index contributed by atoms with van der Waals surface area (Å²) < 4.78 is 18.0. The summed E-state index contributed by atoms with van der Waals surface area (Å²) in [6.45, 7) is 0.0171. The van der Waals surface area contributed by atoms with Crippen molar-refractivity contribution in [2.75, 3.05) is 0 Å². The van der Waals surface area contributed by atoms with E-state index >= 15 is 0 Å². The highest BCUT2D eigenvalue weighted by Crippen LogP contribution is 2.09. The lowest BCUT2D eigenvalue weighted by atomic mass is 10.1. The monoisotopic (exact) mass is 245 g/mol. The maximum Gasteiger partial charge on any atom is 0.273 e. The molecule has 1 amide bonds. The summed E-state index contributed by atoms with van der Waals surface area (Å²) >= 11 is 0. The predicted octanol–water partition coefficient (Wildman–Crippen LogP) is 1.62. The van der Waals surface area contributed by atoms with E-state index < -0.39 is 11.7 Å². The molecular weight excluding hydrogens is 237 g/mol. The first kappa shape index (κ1) is 11.8. The van der Waals surface area contributed by atoms with Crippen LogP contribution in [0, 0.1) is 17.1 Å². The van der Waals surface area contributed by atoms with E-state index in [9.17, 15) is 9.18 Å². The van der Waals surface area contributed by atoms with Crippen LogP contribution < -0.4 is 5.32 Å². The molecule has 0 aliphatic carbocycles. The van der Waals surface area contributed by atoms with E-state index in [2.05, 4.69) is 15.0 Å². The Morgan fingerprint density at radius 3 is 2.94 bits per heavy atom. The van der Waals surface area contributed by atoms with Gasteiger partial charge in [0, 0.05) is 18.2 Å². The molecule has 0 aliphatic rings. The molecule has 1 aromatic carbocycles. The molecule has 0 saturated heterocycles. The molecule has 5 nitrogen and oxygen atoms in total. The summed E-state index contributed by atoms with van der Waals surface area (Å²) in [5.74, 6) is -0.984. The Bertz CT molecular complexity index is 602. The van der Waals surface area contributed by atoms with E-state index in [0.29, 0.717) is 5.56 Å². The Kier molecular flexibility index (Phi) is 3.34. The van der Waals surface area contributed by atoms with Gasteiger partial charge in [-0.3, -0.25) is 4.79 Å². The number of amides is 1. The maximum absolute atomic E-state index is 13.5. The van der Waals surface area contributed by atoms with Gasteiger partial charge in [-0.2, -0.15) is 5.26 Å². The van der Waals surface area contributed by atoms with Gasteiger partial charge in [0.05, 0.1) is 11.6 Å². The summed E-state index contributed by atoms with van der Waals surface area (Å²) in [5.41, 5.74) is 0.661. The largest absolute Gasteiger partial charge is 0.364 e. The number of halogens is 1. The van der Waals surface area contributed by atoms with Crippen molar-refractivity contribution in [3.05, 3.63) is 53.2 Å². The number of carbonyl (C=O) groups excluding carboxylic acids is 1. The molecule has 1 N–H and O–H groups in total. The Morgan fingerprint density at radius 1 is 1.50 bits per heavy atom. The van der Waals surface area contributed by atoms with Crippen LogP contribution >= 0.6 is 0 Å². The lowest BCUT2D eigenvalue weighted by Gasteiger charge is -2.04. The van der Waals surface area contributed by atoms with Crippen molar-refractivity contribution in [1.29, 1.82) is 5.26 Å². The van der Waals surface area contributed by atoms with Crippen molar-refractivity contribution < 1.29 is 13.7 Å². The van der Waals surface area contributed by atoms with E-state index in [1.54, 1.807) is 0 Å². The number of nitrogens with zero attached hydrogens (tertiary/aromatic N) is 2. The molecule has 0 aliphatic heterocycles. The van der Waals surface area contributed by atoms with Gasteiger partial charge in [0.1, 0.15) is 12.1 Å². The van der Waals surface area contributed by atoms with E-state index in [1.807, 2.05) is 6.07 Å². The van der Waals surface area contributed by atoms with Crippen LogP contribution in [0.25, 0.3) is 0 Å². The second kappa shape index (κ2) is 5.10. The van der Waals surface area contributed by atoms with Gasteiger partial charge < -0.3 is 9.84 Å². The zero-order chi connectivity index (χ0) is 13.0. The molecule has 0 atom stereocenters. The van der Waals surface area contributed by atoms with E-state index in [1.165, 1.54) is 24.5 Å². The molecular formula is C12H8FN3O2. The molecule has 1 aromatic heterocycles. The highest BCUT2D eigenvalue weighted by Gasteiger charge is 2.10. The molecule has 0 spiro atoms. The Balaban J connectivity index is 2.03. The summed E-state index contributed by atoms with van der Waals surface area (Å²) in [5, 5.41) is 14.5. The van der Waals surface area contributed by atoms with Gasteiger partial charge in [-0.1, -0.05) is 11.2 Å². The lowest BCUT2D eigenvalue weighted by molar-refractivity contribution is 0.0941. The number of nitrogens with one attached hydrogen (secondary N) is 1. The van der Waals surface area contributed by atoms with Crippen molar-refractivity contribution in [3.8, 4) is 6.07 Å². The summed E-state index contributed by atoms with van der Waals surface area (Å²) in [7, 11) is 0. The van der Waals surface area contributed by atoms with Gasteiger partial charge in [0.2, 0.25) is 0 Å². The van der Waals surface area contributed by atoms with E-state index in [4.69, 9.17) is 5.26 Å². The van der Waals surface area contributed by atoms with Crippen LogP contribution in [0.1, 0.15) is 21.6 Å². The molecule has 2 rings (SSSR count). The Morgan fingerprint density at radius 2 is 2.33 bits per heavy atom.